The quantitative estimate of drug-likeness (QED) is 0.0133. The van der Waals surface area contributed by atoms with Gasteiger partial charge in [0.05, 0.1) is 30.4 Å². The van der Waals surface area contributed by atoms with E-state index in [9.17, 15) is 35.5 Å². The van der Waals surface area contributed by atoms with E-state index >= 15 is 0 Å². The van der Waals surface area contributed by atoms with Crippen molar-refractivity contribution in [1.29, 1.82) is 0 Å². The lowest BCUT2D eigenvalue weighted by Gasteiger charge is -2.30. The summed E-state index contributed by atoms with van der Waals surface area (Å²) in [6.45, 7) is 4.74. The molecule has 4 amide bonds. The molecule has 0 aromatic heterocycles. The largest absolute Gasteiger partial charge is 0.744 e. The van der Waals surface area contributed by atoms with Crippen LogP contribution in [-0.4, -0.2) is 63.1 Å². The van der Waals surface area contributed by atoms with Gasteiger partial charge >= 0.3 is 12.1 Å². The maximum atomic E-state index is 12.3. The van der Waals surface area contributed by atoms with Crippen LogP contribution in [0.1, 0.15) is 87.8 Å². The molecule has 0 aliphatic heterocycles. The number of urea groups is 2. The Bertz CT molecular complexity index is 2450. The van der Waals surface area contributed by atoms with Gasteiger partial charge in [-0.3, -0.25) is 0 Å². The van der Waals surface area contributed by atoms with E-state index in [0.29, 0.717) is 22.7 Å². The summed E-state index contributed by atoms with van der Waals surface area (Å²) in [6, 6.07) is 28.8. The molecular weight excluding hydrogens is 879 g/mol. The highest BCUT2D eigenvalue weighted by Gasteiger charge is 2.16. The molecule has 0 saturated heterocycles. The van der Waals surface area contributed by atoms with Crippen molar-refractivity contribution in [2.75, 3.05) is 53.4 Å². The highest BCUT2D eigenvalue weighted by molar-refractivity contribution is 7.86. The standard InChI is InChI=1S/C28H26N6O8S2.C21H38N/c29-19-5-11-21(12-6-19)31-27(35)33-23-9-3-17(25(15-23)43(37,38)39)1-2-18-4-10-24(16-26(18)44(40,41)42)34-28(36)32-22-13-7-20(30)8-14-22;1-4-5-6-7-8-9-10-11-12-16-19-22(2,3)20-21-17-14-13-15-18-21/h1-16H,29-30H2,(H2,31,33,35)(H2,32,34,36)(H,37,38,39)(H,40,41,42);13-15,17-18H,4-12,16,19-20H2,1-3H3/q;+1/p-2. The lowest BCUT2D eigenvalue weighted by molar-refractivity contribution is -0.903. The first-order chi connectivity index (χ1) is 31.3. The lowest BCUT2D eigenvalue weighted by atomic mass is 10.1. The second-order valence-electron chi connectivity index (χ2n) is 16.6. The maximum absolute atomic E-state index is 12.3. The number of unbranched alkanes of at least 4 members (excludes halogenated alkanes) is 9. The Labute approximate surface area is 389 Å². The highest BCUT2D eigenvalue weighted by Crippen LogP contribution is 2.27. The number of nitrogen functional groups attached to an aromatic ring is 2. The Morgan fingerprint density at radius 3 is 1.29 bits per heavy atom. The zero-order chi connectivity index (χ0) is 48.2. The number of carbonyl (C=O) groups excluding carboxylic acids is 2. The van der Waals surface area contributed by atoms with Crippen molar-refractivity contribution in [3.8, 4) is 0 Å². The van der Waals surface area contributed by atoms with Crippen LogP contribution in [0, 0.1) is 0 Å². The molecule has 5 aromatic carbocycles. The zero-order valence-corrected chi connectivity index (χ0v) is 39.4. The van der Waals surface area contributed by atoms with Crippen LogP contribution >= 0.6 is 0 Å². The van der Waals surface area contributed by atoms with Crippen molar-refractivity contribution in [3.63, 3.8) is 0 Å². The third kappa shape index (κ3) is 19.1. The van der Waals surface area contributed by atoms with Crippen LogP contribution in [0.4, 0.5) is 43.7 Å². The van der Waals surface area contributed by atoms with E-state index in [1.165, 1.54) is 101 Å². The van der Waals surface area contributed by atoms with Gasteiger partial charge in [0.2, 0.25) is 0 Å². The van der Waals surface area contributed by atoms with Gasteiger partial charge in [-0.25, -0.2) is 26.4 Å². The summed E-state index contributed by atoms with van der Waals surface area (Å²) >= 11 is 0. The fourth-order valence-corrected chi connectivity index (χ4v) is 8.41. The van der Waals surface area contributed by atoms with Crippen molar-refractivity contribution in [1.82, 2.24) is 0 Å². The van der Waals surface area contributed by atoms with Crippen LogP contribution in [0.5, 0.6) is 0 Å². The number of quaternary nitrogens is 1. The molecule has 0 saturated carbocycles. The zero-order valence-electron chi connectivity index (χ0n) is 37.8. The van der Waals surface area contributed by atoms with E-state index in [1.807, 2.05) is 0 Å². The smallest absolute Gasteiger partial charge is 0.323 e. The molecule has 0 heterocycles. The first-order valence-electron chi connectivity index (χ1n) is 21.9. The Balaban J connectivity index is 0.000000364. The summed E-state index contributed by atoms with van der Waals surface area (Å²) in [4.78, 5) is 23.2. The molecule has 17 heteroatoms. The number of rotatable bonds is 21. The van der Waals surface area contributed by atoms with Crippen molar-refractivity contribution < 1.29 is 40.0 Å². The molecule has 0 radical (unpaired) electrons. The Kier molecular flexibility index (Phi) is 20.2. The molecule has 0 aliphatic rings. The molecule has 5 rings (SSSR count). The van der Waals surface area contributed by atoms with E-state index < -0.39 is 42.1 Å². The average molecular weight is 941 g/mol. The minimum atomic E-state index is -5.08. The van der Waals surface area contributed by atoms with E-state index in [1.54, 1.807) is 48.5 Å². The minimum absolute atomic E-state index is 0.0278. The first-order valence-corrected chi connectivity index (χ1v) is 24.7. The molecule has 0 unspecified atom stereocenters. The summed E-state index contributed by atoms with van der Waals surface area (Å²) in [6.07, 6.45) is 16.5. The maximum Gasteiger partial charge on any atom is 0.323 e. The monoisotopic (exact) mass is 940 g/mol. The fourth-order valence-electron chi connectivity index (χ4n) is 7.02. The van der Waals surface area contributed by atoms with E-state index in [2.05, 4.69) is 72.6 Å². The van der Waals surface area contributed by atoms with Gasteiger partial charge in [-0.15, -0.1) is 0 Å². The van der Waals surface area contributed by atoms with Crippen molar-refractivity contribution in [3.05, 3.63) is 132 Å². The van der Waals surface area contributed by atoms with Gasteiger partial charge in [-0.1, -0.05) is 113 Å². The second-order valence-corrected chi connectivity index (χ2v) is 19.3. The number of hydrogen-bond acceptors (Lipinski definition) is 10. The van der Waals surface area contributed by atoms with Crippen LogP contribution in [0.25, 0.3) is 12.2 Å². The highest BCUT2D eigenvalue weighted by atomic mass is 32.2. The molecule has 354 valence electrons. The molecular formula is C49H62N7O8S2-. The van der Waals surface area contributed by atoms with Gasteiger partial charge in [0.15, 0.2) is 0 Å². The van der Waals surface area contributed by atoms with Crippen LogP contribution in [-0.2, 0) is 26.8 Å². The third-order valence-electron chi connectivity index (χ3n) is 10.4. The first kappa shape index (κ1) is 52.4. The van der Waals surface area contributed by atoms with Gasteiger partial charge in [-0.05, 0) is 96.8 Å². The van der Waals surface area contributed by atoms with Gasteiger partial charge in [0.25, 0.3) is 0 Å². The van der Waals surface area contributed by atoms with Crippen LogP contribution in [0.3, 0.4) is 0 Å². The molecule has 0 atom stereocenters. The van der Waals surface area contributed by atoms with Crippen LogP contribution in [0.15, 0.2) is 125 Å². The van der Waals surface area contributed by atoms with Gasteiger partial charge < -0.3 is 46.3 Å². The number of nitrogens with zero attached hydrogens (tertiary/aromatic N) is 1. The molecule has 0 spiro atoms. The lowest BCUT2D eigenvalue weighted by Crippen LogP contribution is -2.39. The minimum Gasteiger partial charge on any atom is -0.744 e. The summed E-state index contributed by atoms with van der Waals surface area (Å²) in [7, 11) is -5.43. The van der Waals surface area contributed by atoms with Crippen molar-refractivity contribution in [2.24, 2.45) is 0 Å². The SMILES string of the molecule is CCCCCCCCCCCC[N+](C)(C)Cc1ccccc1.Nc1ccc(NC(=O)Nc2ccc(C=Cc3ccc(NC(=O)Nc4ccc(N)cc4)cc3S(=O)(=O)[O-])c(S(=O)(=O)[O-])c2)cc1. The summed E-state index contributed by atoms with van der Waals surface area (Å²) in [5.41, 5.74) is 14.1. The Hall–Kier alpha value is -6.24. The Morgan fingerprint density at radius 2 is 0.894 bits per heavy atom. The summed E-state index contributed by atoms with van der Waals surface area (Å²) in [5, 5.41) is 9.86. The average Bonchev–Trinajstić information content (AvgIpc) is 3.25. The molecule has 8 N–H and O–H groups in total. The van der Waals surface area contributed by atoms with Gasteiger partial charge in [0.1, 0.15) is 26.8 Å². The van der Waals surface area contributed by atoms with Gasteiger partial charge in [0, 0.05) is 39.7 Å². The number of nitrogens with one attached hydrogen (secondary N) is 4. The molecule has 0 bridgehead atoms. The predicted octanol–water partition coefficient (Wildman–Crippen LogP) is 10.3. The topological polar surface area (TPSA) is 249 Å². The molecule has 0 aliphatic carbocycles. The molecule has 0 fully saturated rings. The normalized spacial score (nSPS) is 11.7. The summed E-state index contributed by atoms with van der Waals surface area (Å²) in [5.74, 6) is 0. The predicted molar refractivity (Wildman–Crippen MR) is 264 cm³/mol. The van der Waals surface area contributed by atoms with E-state index in [0.717, 1.165) is 35.3 Å². The Morgan fingerprint density at radius 1 is 0.530 bits per heavy atom. The van der Waals surface area contributed by atoms with Crippen molar-refractivity contribution >= 4 is 78.6 Å². The number of carbonyl (C=O) groups is 2. The molecule has 5 aromatic rings. The van der Waals surface area contributed by atoms with Crippen molar-refractivity contribution in [2.45, 2.75) is 87.5 Å². The number of hydrogen-bond donors (Lipinski definition) is 6. The van der Waals surface area contributed by atoms with E-state index in [4.69, 9.17) is 11.5 Å². The molecule has 15 nitrogen and oxygen atoms in total. The fraction of sp³-hybridized carbons (Fsp3) is 0.306. The third-order valence-corrected chi connectivity index (χ3v) is 12.2. The van der Waals surface area contributed by atoms with Crippen LogP contribution in [0.2, 0.25) is 0 Å². The summed E-state index contributed by atoms with van der Waals surface area (Å²) < 4.78 is 73.2. The molecule has 66 heavy (non-hydrogen) atoms. The number of nitrogens with two attached hydrogens (primary N) is 2. The van der Waals surface area contributed by atoms with E-state index in [-0.39, 0.29) is 22.5 Å². The number of anilines is 6. The number of amides is 4. The van der Waals surface area contributed by atoms with Gasteiger partial charge in [-0.2, -0.15) is 0 Å². The number of benzene rings is 5. The van der Waals surface area contributed by atoms with Crippen LogP contribution < -0.4 is 32.7 Å². The second kappa shape index (κ2) is 25.5.